The normalized spacial score (nSPS) is 19.5. The Labute approximate surface area is 173 Å². The molecule has 1 aromatic carbocycles. The van der Waals surface area contributed by atoms with Gasteiger partial charge in [0.2, 0.25) is 0 Å². The molecule has 1 aromatic rings. The molecule has 3 N–H and O–H groups in total. The molecular formula is C22H35N3O4. The van der Waals surface area contributed by atoms with Crippen molar-refractivity contribution in [2.24, 2.45) is 5.92 Å². The SMILES string of the molecule is CC(C)(C)OC(=O)NCc1cccc([C@H]2CNC[C@@H]2CNC(=O)OC(C)(C)C)c1. The van der Waals surface area contributed by atoms with E-state index in [0.717, 1.165) is 18.7 Å². The average molecular weight is 406 g/mol. The second-order valence-corrected chi connectivity index (χ2v) is 9.51. The highest BCUT2D eigenvalue weighted by atomic mass is 16.6. The number of hydrogen-bond donors (Lipinski definition) is 3. The van der Waals surface area contributed by atoms with Crippen LogP contribution in [0, 0.1) is 5.92 Å². The summed E-state index contributed by atoms with van der Waals surface area (Å²) in [4.78, 5) is 23.8. The number of ether oxygens (including phenoxy) is 2. The van der Waals surface area contributed by atoms with E-state index in [4.69, 9.17) is 9.47 Å². The van der Waals surface area contributed by atoms with Gasteiger partial charge in [-0.25, -0.2) is 9.59 Å². The molecule has 2 rings (SSSR count). The minimum atomic E-state index is -0.518. The lowest BCUT2D eigenvalue weighted by molar-refractivity contribution is 0.0510. The fourth-order valence-electron chi connectivity index (χ4n) is 3.29. The second kappa shape index (κ2) is 9.48. The van der Waals surface area contributed by atoms with Crippen LogP contribution < -0.4 is 16.0 Å². The largest absolute Gasteiger partial charge is 0.444 e. The number of amides is 2. The molecule has 0 unspecified atom stereocenters. The van der Waals surface area contributed by atoms with E-state index >= 15 is 0 Å². The highest BCUT2D eigenvalue weighted by Gasteiger charge is 2.29. The Bertz CT molecular complexity index is 707. The Morgan fingerprint density at radius 3 is 2.24 bits per heavy atom. The Balaban J connectivity index is 1.92. The minimum absolute atomic E-state index is 0.275. The maximum absolute atomic E-state index is 12.0. The molecule has 1 aliphatic rings. The first-order valence-corrected chi connectivity index (χ1v) is 10.2. The Morgan fingerprint density at radius 1 is 1.00 bits per heavy atom. The van der Waals surface area contributed by atoms with Crippen LogP contribution >= 0.6 is 0 Å². The van der Waals surface area contributed by atoms with Crippen LogP contribution in [0.1, 0.15) is 58.6 Å². The predicted octanol–water partition coefficient (Wildman–Crippen LogP) is 3.54. The molecule has 0 aromatic heterocycles. The van der Waals surface area contributed by atoms with Gasteiger partial charge in [0.05, 0.1) is 0 Å². The Morgan fingerprint density at radius 2 is 1.62 bits per heavy atom. The van der Waals surface area contributed by atoms with Crippen LogP contribution in [0.5, 0.6) is 0 Å². The van der Waals surface area contributed by atoms with Gasteiger partial charge < -0.3 is 25.4 Å². The third-order valence-electron chi connectivity index (χ3n) is 4.46. The number of carbonyl (C=O) groups is 2. The number of benzene rings is 1. The van der Waals surface area contributed by atoms with Gasteiger partial charge in [0.25, 0.3) is 0 Å². The van der Waals surface area contributed by atoms with Crippen molar-refractivity contribution in [3.05, 3.63) is 35.4 Å². The van der Waals surface area contributed by atoms with Crippen LogP contribution in [0.3, 0.4) is 0 Å². The van der Waals surface area contributed by atoms with E-state index in [1.807, 2.05) is 53.7 Å². The zero-order valence-electron chi connectivity index (χ0n) is 18.4. The van der Waals surface area contributed by atoms with Crippen molar-refractivity contribution < 1.29 is 19.1 Å². The van der Waals surface area contributed by atoms with E-state index in [-0.39, 0.29) is 11.8 Å². The van der Waals surface area contributed by atoms with Crippen LogP contribution in [0.4, 0.5) is 9.59 Å². The molecule has 162 valence electrons. The van der Waals surface area contributed by atoms with Gasteiger partial charge in [-0.15, -0.1) is 0 Å². The number of carbonyl (C=O) groups excluding carboxylic acids is 2. The number of hydrogen-bond acceptors (Lipinski definition) is 5. The van der Waals surface area contributed by atoms with Crippen molar-refractivity contribution in [1.29, 1.82) is 0 Å². The molecule has 1 saturated heterocycles. The van der Waals surface area contributed by atoms with E-state index in [0.29, 0.717) is 13.1 Å². The van der Waals surface area contributed by atoms with Crippen molar-refractivity contribution in [3.8, 4) is 0 Å². The zero-order valence-corrected chi connectivity index (χ0v) is 18.4. The van der Waals surface area contributed by atoms with Crippen LogP contribution in [0.25, 0.3) is 0 Å². The highest BCUT2D eigenvalue weighted by molar-refractivity contribution is 5.68. The lowest BCUT2D eigenvalue weighted by Crippen LogP contribution is -2.36. The molecule has 0 spiro atoms. The first kappa shape index (κ1) is 23.0. The number of rotatable bonds is 5. The van der Waals surface area contributed by atoms with Gasteiger partial charge in [0.15, 0.2) is 0 Å². The van der Waals surface area contributed by atoms with Gasteiger partial charge in [0, 0.05) is 32.1 Å². The fraction of sp³-hybridized carbons (Fsp3) is 0.636. The Hall–Kier alpha value is -2.28. The third-order valence-corrected chi connectivity index (χ3v) is 4.46. The molecule has 0 saturated carbocycles. The topological polar surface area (TPSA) is 88.7 Å². The van der Waals surface area contributed by atoms with Crippen molar-refractivity contribution in [1.82, 2.24) is 16.0 Å². The lowest BCUT2D eigenvalue weighted by Gasteiger charge is -2.23. The van der Waals surface area contributed by atoms with Gasteiger partial charge >= 0.3 is 12.2 Å². The second-order valence-electron chi connectivity index (χ2n) is 9.51. The van der Waals surface area contributed by atoms with Crippen LogP contribution in [0.2, 0.25) is 0 Å². The average Bonchev–Trinajstić information content (AvgIpc) is 3.04. The quantitative estimate of drug-likeness (QED) is 0.697. The third kappa shape index (κ3) is 8.31. The maximum atomic E-state index is 12.0. The number of alkyl carbamates (subject to hydrolysis) is 2. The van der Waals surface area contributed by atoms with E-state index < -0.39 is 23.4 Å². The fourth-order valence-corrected chi connectivity index (χ4v) is 3.29. The highest BCUT2D eigenvalue weighted by Crippen LogP contribution is 2.28. The first-order chi connectivity index (χ1) is 13.4. The molecule has 29 heavy (non-hydrogen) atoms. The summed E-state index contributed by atoms with van der Waals surface area (Å²) in [5.74, 6) is 0.558. The molecule has 1 aliphatic heterocycles. The monoisotopic (exact) mass is 405 g/mol. The Kier molecular flexibility index (Phi) is 7.52. The molecule has 2 amide bonds. The van der Waals surface area contributed by atoms with Gasteiger partial charge in [-0.3, -0.25) is 0 Å². The molecule has 7 heteroatoms. The van der Waals surface area contributed by atoms with E-state index in [2.05, 4.69) is 28.1 Å². The summed E-state index contributed by atoms with van der Waals surface area (Å²) in [5.41, 5.74) is 1.18. The zero-order chi connectivity index (χ0) is 21.7. The smallest absolute Gasteiger partial charge is 0.407 e. The summed E-state index contributed by atoms with van der Waals surface area (Å²) in [6.07, 6.45) is -0.816. The van der Waals surface area contributed by atoms with Gasteiger partial charge in [-0.1, -0.05) is 24.3 Å². The summed E-state index contributed by atoms with van der Waals surface area (Å²) in [6, 6.07) is 8.18. The molecular weight excluding hydrogens is 370 g/mol. The molecule has 2 atom stereocenters. The van der Waals surface area contributed by atoms with E-state index in [1.165, 1.54) is 5.56 Å². The van der Waals surface area contributed by atoms with Crippen molar-refractivity contribution in [3.63, 3.8) is 0 Å². The van der Waals surface area contributed by atoms with Gasteiger partial charge in [-0.05, 0) is 58.6 Å². The molecule has 1 fully saturated rings. The number of nitrogens with one attached hydrogen (secondary N) is 3. The van der Waals surface area contributed by atoms with Crippen LogP contribution in [-0.2, 0) is 16.0 Å². The summed E-state index contributed by atoms with van der Waals surface area (Å²) >= 11 is 0. The molecule has 1 heterocycles. The molecule has 0 radical (unpaired) electrons. The summed E-state index contributed by atoms with van der Waals surface area (Å²) in [5, 5.41) is 9.09. The summed E-state index contributed by atoms with van der Waals surface area (Å²) < 4.78 is 10.6. The standard InChI is InChI=1S/C22H35N3O4/c1-21(2,3)28-19(26)24-11-15-8-7-9-16(10-15)18-14-23-12-17(18)13-25-20(27)29-22(4,5)6/h7-10,17-18,23H,11-14H2,1-6H3,(H,24,26)(H,25,27)/t17-,18-/m1/s1. The van der Waals surface area contributed by atoms with E-state index in [9.17, 15) is 9.59 Å². The van der Waals surface area contributed by atoms with Crippen molar-refractivity contribution in [2.75, 3.05) is 19.6 Å². The maximum Gasteiger partial charge on any atom is 0.407 e. The van der Waals surface area contributed by atoms with Gasteiger partial charge in [0.1, 0.15) is 11.2 Å². The first-order valence-electron chi connectivity index (χ1n) is 10.2. The van der Waals surface area contributed by atoms with Crippen LogP contribution in [0.15, 0.2) is 24.3 Å². The lowest BCUT2D eigenvalue weighted by atomic mass is 9.88. The minimum Gasteiger partial charge on any atom is -0.444 e. The summed E-state index contributed by atoms with van der Waals surface area (Å²) in [6.45, 7) is 13.7. The molecule has 7 nitrogen and oxygen atoms in total. The van der Waals surface area contributed by atoms with Crippen molar-refractivity contribution >= 4 is 12.2 Å². The van der Waals surface area contributed by atoms with Crippen LogP contribution in [-0.4, -0.2) is 43.0 Å². The predicted molar refractivity (Wildman–Crippen MR) is 113 cm³/mol. The van der Waals surface area contributed by atoms with Gasteiger partial charge in [-0.2, -0.15) is 0 Å². The molecule has 0 bridgehead atoms. The molecule has 0 aliphatic carbocycles. The van der Waals surface area contributed by atoms with Crippen molar-refractivity contribution in [2.45, 2.75) is 65.2 Å². The van der Waals surface area contributed by atoms with E-state index in [1.54, 1.807) is 0 Å². The summed E-state index contributed by atoms with van der Waals surface area (Å²) in [7, 11) is 0.